The highest BCUT2D eigenvalue weighted by Crippen LogP contribution is 2.21. The summed E-state index contributed by atoms with van der Waals surface area (Å²) >= 11 is 0. The molecule has 2 aromatic carbocycles. The van der Waals surface area contributed by atoms with Crippen LogP contribution in [0, 0.1) is 13.8 Å². The lowest BCUT2D eigenvalue weighted by molar-refractivity contribution is 0.102. The second-order valence-corrected chi connectivity index (χ2v) is 6.57. The quantitative estimate of drug-likeness (QED) is 0.714. The first-order chi connectivity index (χ1) is 12.9. The highest BCUT2D eigenvalue weighted by Gasteiger charge is 2.11. The normalized spacial score (nSPS) is 10.4. The third kappa shape index (κ3) is 4.41. The highest BCUT2D eigenvalue weighted by molar-refractivity contribution is 6.03. The van der Waals surface area contributed by atoms with Gasteiger partial charge in [-0.15, -0.1) is 0 Å². The highest BCUT2D eigenvalue weighted by atomic mass is 16.1. The predicted molar refractivity (Wildman–Crippen MR) is 110 cm³/mol. The molecule has 1 aromatic heterocycles. The number of para-hydroxylation sites is 1. The molecule has 0 bridgehead atoms. The molecule has 0 saturated carbocycles. The van der Waals surface area contributed by atoms with E-state index in [-0.39, 0.29) is 11.6 Å². The lowest BCUT2D eigenvalue weighted by Gasteiger charge is -2.13. The number of carbonyl (C=O) groups excluding carboxylic acids is 1. The van der Waals surface area contributed by atoms with Gasteiger partial charge >= 0.3 is 0 Å². The van der Waals surface area contributed by atoms with Gasteiger partial charge in [0, 0.05) is 31.2 Å². The fourth-order valence-electron chi connectivity index (χ4n) is 2.69. The van der Waals surface area contributed by atoms with Gasteiger partial charge in [-0.1, -0.05) is 18.2 Å². The third-order valence-corrected chi connectivity index (χ3v) is 4.26. The Hall–Kier alpha value is -3.41. The SMILES string of the molecule is Cc1cccc(C)c1NC(=O)c1cnc(Nc2ccc(N(C)C)cc2)cn1. The summed E-state index contributed by atoms with van der Waals surface area (Å²) in [5.74, 6) is 0.304. The molecule has 0 atom stereocenters. The number of amides is 1. The molecular formula is C21H23N5O. The molecule has 3 aromatic rings. The maximum atomic E-state index is 12.5. The van der Waals surface area contributed by atoms with Crippen molar-refractivity contribution in [3.8, 4) is 0 Å². The number of carbonyl (C=O) groups is 1. The first kappa shape index (κ1) is 18.4. The number of anilines is 4. The summed E-state index contributed by atoms with van der Waals surface area (Å²) in [5, 5.41) is 6.09. The molecule has 0 aliphatic heterocycles. The van der Waals surface area contributed by atoms with Crippen molar-refractivity contribution in [2.24, 2.45) is 0 Å². The summed E-state index contributed by atoms with van der Waals surface area (Å²) in [7, 11) is 3.99. The maximum absolute atomic E-state index is 12.5. The summed E-state index contributed by atoms with van der Waals surface area (Å²) in [4.78, 5) is 23.0. The van der Waals surface area contributed by atoms with Crippen LogP contribution in [0.1, 0.15) is 21.6 Å². The van der Waals surface area contributed by atoms with Crippen molar-refractivity contribution in [3.05, 3.63) is 71.7 Å². The zero-order valence-electron chi connectivity index (χ0n) is 15.9. The van der Waals surface area contributed by atoms with Crippen LogP contribution in [0.15, 0.2) is 54.9 Å². The van der Waals surface area contributed by atoms with Crippen LogP contribution in [-0.2, 0) is 0 Å². The van der Waals surface area contributed by atoms with Crippen LogP contribution in [0.3, 0.4) is 0 Å². The van der Waals surface area contributed by atoms with Gasteiger partial charge in [-0.25, -0.2) is 9.97 Å². The Morgan fingerprint density at radius 2 is 1.59 bits per heavy atom. The fourth-order valence-corrected chi connectivity index (χ4v) is 2.69. The van der Waals surface area contributed by atoms with Crippen LogP contribution in [0.2, 0.25) is 0 Å². The molecule has 0 radical (unpaired) electrons. The number of hydrogen-bond acceptors (Lipinski definition) is 5. The van der Waals surface area contributed by atoms with Gasteiger partial charge in [0.2, 0.25) is 0 Å². The molecule has 0 aliphatic carbocycles. The van der Waals surface area contributed by atoms with Crippen LogP contribution >= 0.6 is 0 Å². The Morgan fingerprint density at radius 3 is 2.15 bits per heavy atom. The minimum atomic E-state index is -0.276. The summed E-state index contributed by atoms with van der Waals surface area (Å²) in [6.45, 7) is 3.92. The number of rotatable bonds is 5. The molecule has 3 rings (SSSR count). The number of benzene rings is 2. The van der Waals surface area contributed by atoms with Crippen LogP contribution in [0.4, 0.5) is 22.9 Å². The largest absolute Gasteiger partial charge is 0.378 e. The Morgan fingerprint density at radius 1 is 0.926 bits per heavy atom. The van der Waals surface area contributed by atoms with Gasteiger partial charge in [0.1, 0.15) is 11.5 Å². The summed E-state index contributed by atoms with van der Waals surface area (Å²) in [5.41, 5.74) is 5.12. The van der Waals surface area contributed by atoms with Gasteiger partial charge < -0.3 is 15.5 Å². The number of aromatic nitrogens is 2. The second kappa shape index (κ2) is 7.86. The number of nitrogens with one attached hydrogen (secondary N) is 2. The van der Waals surface area contributed by atoms with Gasteiger partial charge in [0.25, 0.3) is 5.91 Å². The number of aryl methyl sites for hydroxylation is 2. The van der Waals surface area contributed by atoms with E-state index >= 15 is 0 Å². The third-order valence-electron chi connectivity index (χ3n) is 4.26. The van der Waals surface area contributed by atoms with E-state index in [2.05, 4.69) is 20.6 Å². The average Bonchev–Trinajstić information content (AvgIpc) is 2.66. The zero-order chi connectivity index (χ0) is 19.4. The number of hydrogen-bond donors (Lipinski definition) is 2. The molecule has 0 aliphatic rings. The van der Waals surface area contributed by atoms with E-state index in [0.29, 0.717) is 5.82 Å². The van der Waals surface area contributed by atoms with Gasteiger partial charge in [0.05, 0.1) is 12.4 Å². The molecule has 138 valence electrons. The Labute approximate surface area is 159 Å². The summed E-state index contributed by atoms with van der Waals surface area (Å²) in [6.07, 6.45) is 3.03. The molecule has 2 N–H and O–H groups in total. The van der Waals surface area contributed by atoms with Gasteiger partial charge in [-0.3, -0.25) is 4.79 Å². The summed E-state index contributed by atoms with van der Waals surface area (Å²) < 4.78 is 0. The monoisotopic (exact) mass is 361 g/mol. The predicted octanol–water partition coefficient (Wildman–Crippen LogP) is 4.16. The Balaban J connectivity index is 1.68. The van der Waals surface area contributed by atoms with E-state index in [4.69, 9.17) is 0 Å². The van der Waals surface area contributed by atoms with Crippen molar-refractivity contribution in [3.63, 3.8) is 0 Å². The standard InChI is InChI=1S/C21H23N5O/c1-14-6-5-7-15(2)20(14)25-21(27)18-12-23-19(13-22-18)24-16-8-10-17(11-9-16)26(3)4/h5-13H,1-4H3,(H,23,24)(H,25,27). The van der Waals surface area contributed by atoms with E-state index in [1.165, 1.54) is 6.20 Å². The molecule has 0 unspecified atom stereocenters. The molecule has 6 nitrogen and oxygen atoms in total. The molecule has 0 spiro atoms. The first-order valence-corrected chi connectivity index (χ1v) is 8.68. The van der Waals surface area contributed by atoms with E-state index in [9.17, 15) is 4.79 Å². The minimum absolute atomic E-state index is 0.270. The minimum Gasteiger partial charge on any atom is -0.378 e. The van der Waals surface area contributed by atoms with E-state index in [1.807, 2.05) is 75.3 Å². The smallest absolute Gasteiger partial charge is 0.275 e. The molecule has 6 heteroatoms. The maximum Gasteiger partial charge on any atom is 0.275 e. The molecule has 0 saturated heterocycles. The zero-order valence-corrected chi connectivity index (χ0v) is 15.9. The van der Waals surface area contributed by atoms with E-state index < -0.39 is 0 Å². The van der Waals surface area contributed by atoms with Crippen molar-refractivity contribution in [1.82, 2.24) is 9.97 Å². The van der Waals surface area contributed by atoms with Crippen molar-refractivity contribution in [2.75, 3.05) is 29.6 Å². The fraction of sp³-hybridized carbons (Fsp3) is 0.190. The van der Waals surface area contributed by atoms with E-state index in [0.717, 1.165) is 28.2 Å². The van der Waals surface area contributed by atoms with Gasteiger partial charge in [0.15, 0.2) is 0 Å². The van der Waals surface area contributed by atoms with Crippen molar-refractivity contribution < 1.29 is 4.79 Å². The lowest BCUT2D eigenvalue weighted by Crippen LogP contribution is -2.15. The van der Waals surface area contributed by atoms with Crippen LogP contribution in [0.5, 0.6) is 0 Å². The lowest BCUT2D eigenvalue weighted by atomic mass is 10.1. The molecule has 0 fully saturated rings. The van der Waals surface area contributed by atoms with Crippen molar-refractivity contribution in [1.29, 1.82) is 0 Å². The Kier molecular flexibility index (Phi) is 5.35. The second-order valence-electron chi connectivity index (χ2n) is 6.57. The van der Waals surface area contributed by atoms with Crippen LogP contribution in [0.25, 0.3) is 0 Å². The Bertz CT molecular complexity index is 914. The molecule has 27 heavy (non-hydrogen) atoms. The first-order valence-electron chi connectivity index (χ1n) is 8.68. The van der Waals surface area contributed by atoms with Crippen LogP contribution < -0.4 is 15.5 Å². The number of nitrogens with zero attached hydrogens (tertiary/aromatic N) is 3. The van der Waals surface area contributed by atoms with Gasteiger partial charge in [-0.2, -0.15) is 0 Å². The molecule has 1 amide bonds. The van der Waals surface area contributed by atoms with E-state index in [1.54, 1.807) is 6.20 Å². The van der Waals surface area contributed by atoms with Gasteiger partial charge in [-0.05, 0) is 49.2 Å². The van der Waals surface area contributed by atoms with Crippen molar-refractivity contribution >= 4 is 28.8 Å². The molecular weight excluding hydrogens is 338 g/mol. The van der Waals surface area contributed by atoms with Crippen LogP contribution in [-0.4, -0.2) is 30.0 Å². The topological polar surface area (TPSA) is 70.2 Å². The summed E-state index contributed by atoms with van der Waals surface area (Å²) in [6, 6.07) is 13.9. The molecule has 1 heterocycles. The average molecular weight is 361 g/mol. The van der Waals surface area contributed by atoms with Crippen molar-refractivity contribution in [2.45, 2.75) is 13.8 Å².